The highest BCUT2D eigenvalue weighted by molar-refractivity contribution is 5.85. The molecule has 5 heteroatoms. The maximum absolute atomic E-state index is 10.4. The molecule has 0 spiro atoms. The van der Waals surface area contributed by atoms with Crippen LogP contribution in [0, 0.1) is 0 Å². The summed E-state index contributed by atoms with van der Waals surface area (Å²) in [5, 5.41) is 18.3. The third kappa shape index (κ3) is 3.93. The molecule has 1 aliphatic heterocycles. The maximum atomic E-state index is 10.4. The van der Waals surface area contributed by atoms with E-state index < -0.39 is 11.6 Å². The number of halogens is 1. The van der Waals surface area contributed by atoms with Crippen molar-refractivity contribution in [2.75, 3.05) is 20.1 Å². The van der Waals surface area contributed by atoms with Crippen LogP contribution < -0.4 is 0 Å². The molecule has 78 valence electrons. The zero-order valence-electron chi connectivity index (χ0n) is 7.69. The predicted octanol–water partition coefficient (Wildman–Crippen LogP) is 0.340. The Morgan fingerprint density at radius 2 is 1.92 bits per heavy atom. The SMILES string of the molecule is CN1CCC(O)(CC(=O)O)CC1.Cl. The molecule has 0 bridgehead atoms. The van der Waals surface area contributed by atoms with E-state index >= 15 is 0 Å². The number of aliphatic hydroxyl groups is 1. The molecule has 0 aliphatic carbocycles. The second-order valence-electron chi connectivity index (χ2n) is 3.60. The fraction of sp³-hybridized carbons (Fsp3) is 0.875. The van der Waals surface area contributed by atoms with E-state index in [1.165, 1.54) is 0 Å². The molecule has 1 saturated heterocycles. The Morgan fingerprint density at radius 3 is 2.31 bits per heavy atom. The first-order valence-electron chi connectivity index (χ1n) is 4.15. The molecule has 0 saturated carbocycles. The van der Waals surface area contributed by atoms with E-state index in [-0.39, 0.29) is 18.8 Å². The predicted molar refractivity (Wildman–Crippen MR) is 51.2 cm³/mol. The molecule has 2 N–H and O–H groups in total. The lowest BCUT2D eigenvalue weighted by Gasteiger charge is -2.35. The second-order valence-corrected chi connectivity index (χ2v) is 3.60. The Kier molecular flexibility index (Phi) is 4.67. The van der Waals surface area contributed by atoms with E-state index in [9.17, 15) is 9.90 Å². The van der Waals surface area contributed by atoms with Crippen LogP contribution in [0.1, 0.15) is 19.3 Å². The lowest BCUT2D eigenvalue weighted by molar-refractivity contribution is -0.144. The van der Waals surface area contributed by atoms with Crippen molar-refractivity contribution in [1.82, 2.24) is 4.90 Å². The first-order valence-corrected chi connectivity index (χ1v) is 4.15. The molecule has 1 heterocycles. The molecule has 1 fully saturated rings. The summed E-state index contributed by atoms with van der Waals surface area (Å²) in [4.78, 5) is 12.5. The van der Waals surface area contributed by atoms with Crippen LogP contribution >= 0.6 is 12.4 Å². The van der Waals surface area contributed by atoms with Crippen molar-refractivity contribution in [3.8, 4) is 0 Å². The number of likely N-dealkylation sites (tertiary alicyclic amines) is 1. The molecule has 0 amide bonds. The van der Waals surface area contributed by atoms with Gasteiger partial charge in [-0.15, -0.1) is 12.4 Å². The van der Waals surface area contributed by atoms with Gasteiger partial charge in [-0.1, -0.05) is 0 Å². The minimum absolute atomic E-state index is 0. The second kappa shape index (κ2) is 4.79. The lowest BCUT2D eigenvalue weighted by atomic mass is 9.88. The smallest absolute Gasteiger partial charge is 0.306 e. The highest BCUT2D eigenvalue weighted by Gasteiger charge is 2.33. The standard InChI is InChI=1S/C8H15NO3.ClH/c1-9-4-2-8(12,3-5-9)6-7(10)11;/h12H,2-6H2,1H3,(H,10,11);1H. The van der Waals surface area contributed by atoms with Gasteiger partial charge in [0.2, 0.25) is 0 Å². The quantitative estimate of drug-likeness (QED) is 0.689. The first-order chi connectivity index (χ1) is 5.52. The van der Waals surface area contributed by atoms with Crippen LogP contribution in [0.5, 0.6) is 0 Å². The van der Waals surface area contributed by atoms with Gasteiger partial charge in [0.15, 0.2) is 0 Å². The first kappa shape index (κ1) is 12.7. The largest absolute Gasteiger partial charge is 0.481 e. The Balaban J connectivity index is 0.00000144. The monoisotopic (exact) mass is 209 g/mol. The highest BCUT2D eigenvalue weighted by atomic mass is 35.5. The van der Waals surface area contributed by atoms with Crippen molar-refractivity contribution in [2.24, 2.45) is 0 Å². The molecule has 0 aromatic heterocycles. The molecule has 0 aromatic rings. The Morgan fingerprint density at radius 1 is 1.46 bits per heavy atom. The average Bonchev–Trinajstić information content (AvgIpc) is 1.94. The van der Waals surface area contributed by atoms with Crippen LogP contribution in [0.25, 0.3) is 0 Å². The van der Waals surface area contributed by atoms with Crippen molar-refractivity contribution in [1.29, 1.82) is 0 Å². The Labute approximate surface area is 84.0 Å². The van der Waals surface area contributed by atoms with Gasteiger partial charge in [0.05, 0.1) is 12.0 Å². The molecular weight excluding hydrogens is 194 g/mol. The number of carboxylic acids is 1. The number of carboxylic acid groups (broad SMARTS) is 1. The van der Waals surface area contributed by atoms with E-state index in [2.05, 4.69) is 4.90 Å². The summed E-state index contributed by atoms with van der Waals surface area (Å²) in [5.41, 5.74) is -0.960. The molecule has 1 aliphatic rings. The summed E-state index contributed by atoms with van der Waals surface area (Å²) in [7, 11) is 1.97. The summed E-state index contributed by atoms with van der Waals surface area (Å²) >= 11 is 0. The van der Waals surface area contributed by atoms with E-state index in [1.807, 2.05) is 7.05 Å². The normalized spacial score (nSPS) is 22.0. The fourth-order valence-corrected chi connectivity index (χ4v) is 1.49. The van der Waals surface area contributed by atoms with Crippen LogP contribution in [0.3, 0.4) is 0 Å². The number of piperidine rings is 1. The minimum atomic E-state index is -0.960. The van der Waals surface area contributed by atoms with Gasteiger partial charge in [0, 0.05) is 13.1 Å². The third-order valence-corrected chi connectivity index (χ3v) is 2.40. The van der Waals surface area contributed by atoms with Crippen LogP contribution in [0.2, 0.25) is 0 Å². The zero-order chi connectivity index (χ0) is 9.19. The summed E-state index contributed by atoms with van der Waals surface area (Å²) in [6.07, 6.45) is 1.01. The van der Waals surface area contributed by atoms with Crippen molar-refractivity contribution in [3.63, 3.8) is 0 Å². The lowest BCUT2D eigenvalue weighted by Crippen LogP contribution is -2.43. The molecule has 0 unspecified atom stereocenters. The van der Waals surface area contributed by atoms with Gasteiger partial charge < -0.3 is 15.1 Å². The minimum Gasteiger partial charge on any atom is -0.481 e. The molecule has 4 nitrogen and oxygen atoms in total. The van der Waals surface area contributed by atoms with Crippen LogP contribution in [-0.4, -0.2) is 46.8 Å². The van der Waals surface area contributed by atoms with Crippen molar-refractivity contribution in [3.05, 3.63) is 0 Å². The van der Waals surface area contributed by atoms with E-state index in [0.29, 0.717) is 12.8 Å². The number of hydrogen-bond acceptors (Lipinski definition) is 3. The van der Waals surface area contributed by atoms with E-state index in [0.717, 1.165) is 13.1 Å². The number of hydrogen-bond donors (Lipinski definition) is 2. The number of carbonyl (C=O) groups is 1. The Hall–Kier alpha value is -0.320. The topological polar surface area (TPSA) is 60.8 Å². The van der Waals surface area contributed by atoms with Crippen molar-refractivity contribution >= 4 is 18.4 Å². The number of nitrogens with zero attached hydrogens (tertiary/aromatic N) is 1. The van der Waals surface area contributed by atoms with Gasteiger partial charge in [-0.05, 0) is 19.9 Å². The fourth-order valence-electron chi connectivity index (χ4n) is 1.49. The third-order valence-electron chi connectivity index (χ3n) is 2.40. The number of aliphatic carboxylic acids is 1. The molecule has 1 rings (SSSR count). The summed E-state index contributed by atoms with van der Waals surface area (Å²) in [6.45, 7) is 1.56. The van der Waals surface area contributed by atoms with Gasteiger partial charge in [0.25, 0.3) is 0 Å². The van der Waals surface area contributed by atoms with Gasteiger partial charge in [-0.25, -0.2) is 0 Å². The van der Waals surface area contributed by atoms with Crippen LogP contribution in [0.15, 0.2) is 0 Å². The summed E-state index contributed by atoms with van der Waals surface area (Å²) < 4.78 is 0. The summed E-state index contributed by atoms with van der Waals surface area (Å²) in [5.74, 6) is -0.915. The van der Waals surface area contributed by atoms with Crippen molar-refractivity contribution < 1.29 is 15.0 Å². The molecule has 0 aromatic carbocycles. The van der Waals surface area contributed by atoms with Gasteiger partial charge in [-0.3, -0.25) is 4.79 Å². The highest BCUT2D eigenvalue weighted by Crippen LogP contribution is 2.24. The average molecular weight is 210 g/mol. The van der Waals surface area contributed by atoms with Gasteiger partial charge in [0.1, 0.15) is 0 Å². The zero-order valence-corrected chi connectivity index (χ0v) is 8.51. The number of rotatable bonds is 2. The Bertz CT molecular complexity index is 178. The van der Waals surface area contributed by atoms with E-state index in [4.69, 9.17) is 5.11 Å². The molecule has 0 radical (unpaired) electrons. The molecular formula is C8H16ClNO3. The van der Waals surface area contributed by atoms with E-state index in [1.54, 1.807) is 0 Å². The molecule has 13 heavy (non-hydrogen) atoms. The van der Waals surface area contributed by atoms with Gasteiger partial charge >= 0.3 is 5.97 Å². The van der Waals surface area contributed by atoms with Gasteiger partial charge in [-0.2, -0.15) is 0 Å². The summed E-state index contributed by atoms with van der Waals surface area (Å²) in [6, 6.07) is 0. The van der Waals surface area contributed by atoms with Crippen molar-refractivity contribution in [2.45, 2.75) is 24.9 Å². The van der Waals surface area contributed by atoms with Crippen LogP contribution in [0.4, 0.5) is 0 Å². The van der Waals surface area contributed by atoms with Crippen LogP contribution in [-0.2, 0) is 4.79 Å². The maximum Gasteiger partial charge on any atom is 0.306 e. The molecule has 0 atom stereocenters.